The molecule has 2 N–H and O–H groups in total. The second-order valence-corrected chi connectivity index (χ2v) is 5.13. The van der Waals surface area contributed by atoms with Crippen molar-refractivity contribution in [2.75, 3.05) is 13.1 Å². The van der Waals surface area contributed by atoms with E-state index in [0.29, 0.717) is 17.9 Å². The van der Waals surface area contributed by atoms with E-state index in [2.05, 4.69) is 12.2 Å². The van der Waals surface area contributed by atoms with Gasteiger partial charge in [0.25, 0.3) is 0 Å². The number of rotatable bonds is 3. The van der Waals surface area contributed by atoms with Gasteiger partial charge < -0.3 is 10.4 Å². The molecule has 15 heavy (non-hydrogen) atoms. The van der Waals surface area contributed by atoms with Crippen molar-refractivity contribution in [3.63, 3.8) is 0 Å². The Balaban J connectivity index is 2.16. The molecule has 0 bridgehead atoms. The Labute approximate surface area is 91.2 Å². The highest BCUT2D eigenvalue weighted by Crippen LogP contribution is 2.50. The predicted molar refractivity (Wildman–Crippen MR) is 58.7 cm³/mol. The molecule has 2 unspecified atom stereocenters. The Morgan fingerprint density at radius 2 is 2.07 bits per heavy atom. The van der Waals surface area contributed by atoms with E-state index in [0.717, 1.165) is 13.0 Å². The van der Waals surface area contributed by atoms with Crippen LogP contribution in [0.2, 0.25) is 0 Å². The van der Waals surface area contributed by atoms with E-state index in [-0.39, 0.29) is 5.92 Å². The molecule has 86 valence electrons. The average molecular weight is 211 g/mol. The molecular formula is C12H21NO2. The van der Waals surface area contributed by atoms with E-state index in [1.54, 1.807) is 0 Å². The average Bonchev–Trinajstić information content (AvgIpc) is 2.87. The van der Waals surface area contributed by atoms with Crippen LogP contribution < -0.4 is 5.32 Å². The summed E-state index contributed by atoms with van der Waals surface area (Å²) in [6, 6.07) is 0. The van der Waals surface area contributed by atoms with Gasteiger partial charge in [0.2, 0.25) is 0 Å². The Bertz CT molecular complexity index is 246. The number of aliphatic carboxylic acids is 1. The summed E-state index contributed by atoms with van der Waals surface area (Å²) < 4.78 is 0. The molecular weight excluding hydrogens is 190 g/mol. The van der Waals surface area contributed by atoms with Crippen molar-refractivity contribution >= 4 is 5.97 Å². The highest BCUT2D eigenvalue weighted by Gasteiger charge is 2.47. The second-order valence-electron chi connectivity index (χ2n) is 5.13. The van der Waals surface area contributed by atoms with Crippen LogP contribution in [0.15, 0.2) is 0 Å². The van der Waals surface area contributed by atoms with Crippen LogP contribution in [-0.2, 0) is 4.79 Å². The first-order valence-electron chi connectivity index (χ1n) is 6.13. The summed E-state index contributed by atoms with van der Waals surface area (Å²) in [6.07, 6.45) is 6.19. The first kappa shape index (κ1) is 10.9. The summed E-state index contributed by atoms with van der Waals surface area (Å²) in [5, 5.41) is 12.5. The van der Waals surface area contributed by atoms with Gasteiger partial charge in [-0.05, 0) is 30.7 Å². The third kappa shape index (κ3) is 1.78. The Morgan fingerprint density at radius 3 is 2.60 bits per heavy atom. The van der Waals surface area contributed by atoms with Gasteiger partial charge >= 0.3 is 5.97 Å². The lowest BCUT2D eigenvalue weighted by Gasteiger charge is -2.36. The number of hydrogen-bond donors (Lipinski definition) is 2. The first-order chi connectivity index (χ1) is 7.19. The van der Waals surface area contributed by atoms with Crippen molar-refractivity contribution in [1.29, 1.82) is 0 Å². The second kappa shape index (κ2) is 4.12. The number of carbonyl (C=O) groups is 1. The molecule has 0 aromatic rings. The fraction of sp³-hybridized carbons (Fsp3) is 0.917. The van der Waals surface area contributed by atoms with Gasteiger partial charge in [0, 0.05) is 6.54 Å². The lowest BCUT2D eigenvalue weighted by Crippen LogP contribution is -2.36. The summed E-state index contributed by atoms with van der Waals surface area (Å²) in [5.74, 6) is -0.393. The van der Waals surface area contributed by atoms with Gasteiger partial charge in [0.15, 0.2) is 0 Å². The van der Waals surface area contributed by atoms with Gasteiger partial charge in [-0.25, -0.2) is 0 Å². The number of nitrogens with one attached hydrogen (secondary N) is 1. The van der Waals surface area contributed by atoms with E-state index >= 15 is 0 Å². The van der Waals surface area contributed by atoms with E-state index in [9.17, 15) is 9.90 Å². The van der Waals surface area contributed by atoms with Crippen LogP contribution in [0.5, 0.6) is 0 Å². The normalized spacial score (nSPS) is 34.5. The molecule has 0 radical (unpaired) electrons. The Kier molecular flexibility index (Phi) is 3.01. The van der Waals surface area contributed by atoms with Crippen LogP contribution in [0.3, 0.4) is 0 Å². The highest BCUT2D eigenvalue weighted by atomic mass is 16.4. The number of carboxylic acid groups (broad SMARTS) is 1. The zero-order valence-electron chi connectivity index (χ0n) is 9.46. The smallest absolute Gasteiger partial charge is 0.308 e. The predicted octanol–water partition coefficient (Wildman–Crippen LogP) is 1.88. The van der Waals surface area contributed by atoms with Crippen LogP contribution in [0.1, 0.15) is 39.0 Å². The lowest BCUT2D eigenvalue weighted by molar-refractivity contribution is -0.144. The molecule has 0 spiro atoms. The highest BCUT2D eigenvalue weighted by molar-refractivity contribution is 5.71. The van der Waals surface area contributed by atoms with Crippen LogP contribution in [0.4, 0.5) is 0 Å². The van der Waals surface area contributed by atoms with Gasteiger partial charge in [0.1, 0.15) is 0 Å². The van der Waals surface area contributed by atoms with Gasteiger partial charge in [-0.1, -0.05) is 26.2 Å². The van der Waals surface area contributed by atoms with Crippen LogP contribution in [0, 0.1) is 17.3 Å². The van der Waals surface area contributed by atoms with Crippen molar-refractivity contribution in [3.05, 3.63) is 0 Å². The maximum atomic E-state index is 11.2. The molecule has 0 aromatic carbocycles. The Morgan fingerprint density at radius 1 is 1.40 bits per heavy atom. The van der Waals surface area contributed by atoms with E-state index in [1.807, 2.05) is 0 Å². The van der Waals surface area contributed by atoms with Crippen molar-refractivity contribution in [3.8, 4) is 0 Å². The van der Waals surface area contributed by atoms with Crippen molar-refractivity contribution in [2.24, 2.45) is 17.3 Å². The zero-order chi connectivity index (χ0) is 10.9. The molecule has 2 fully saturated rings. The maximum Gasteiger partial charge on any atom is 0.308 e. The molecule has 2 atom stereocenters. The van der Waals surface area contributed by atoms with Crippen molar-refractivity contribution in [2.45, 2.75) is 39.0 Å². The number of hydrogen-bond acceptors (Lipinski definition) is 2. The standard InChI is InChI=1S/C12H21NO2/c1-2-12(5-3-4-6-12)10-8-13-7-9(10)11(14)15/h9-10,13H,2-8H2,1H3,(H,14,15). The summed E-state index contributed by atoms with van der Waals surface area (Å²) in [7, 11) is 0. The summed E-state index contributed by atoms with van der Waals surface area (Å²) in [6.45, 7) is 3.80. The fourth-order valence-corrected chi connectivity index (χ4v) is 3.65. The monoisotopic (exact) mass is 211 g/mol. The molecule has 2 aliphatic rings. The van der Waals surface area contributed by atoms with Gasteiger partial charge in [-0.15, -0.1) is 0 Å². The molecule has 1 saturated carbocycles. The van der Waals surface area contributed by atoms with Crippen LogP contribution in [0.25, 0.3) is 0 Å². The summed E-state index contributed by atoms with van der Waals surface area (Å²) in [5.41, 5.74) is 0.326. The molecule has 0 amide bonds. The Hall–Kier alpha value is -0.570. The number of carboxylic acids is 1. The van der Waals surface area contributed by atoms with E-state index in [1.165, 1.54) is 25.7 Å². The minimum atomic E-state index is -0.607. The third-order valence-electron chi connectivity index (χ3n) is 4.62. The summed E-state index contributed by atoms with van der Waals surface area (Å²) >= 11 is 0. The first-order valence-corrected chi connectivity index (χ1v) is 6.13. The minimum Gasteiger partial charge on any atom is -0.481 e. The molecule has 3 nitrogen and oxygen atoms in total. The van der Waals surface area contributed by atoms with Crippen molar-refractivity contribution < 1.29 is 9.90 Å². The molecule has 1 aliphatic carbocycles. The maximum absolute atomic E-state index is 11.2. The van der Waals surface area contributed by atoms with Crippen LogP contribution >= 0.6 is 0 Å². The van der Waals surface area contributed by atoms with Crippen LogP contribution in [-0.4, -0.2) is 24.2 Å². The van der Waals surface area contributed by atoms with Crippen molar-refractivity contribution in [1.82, 2.24) is 5.32 Å². The quantitative estimate of drug-likeness (QED) is 0.749. The van der Waals surface area contributed by atoms with E-state index in [4.69, 9.17) is 0 Å². The van der Waals surface area contributed by atoms with Gasteiger partial charge in [-0.3, -0.25) is 4.79 Å². The molecule has 1 saturated heterocycles. The lowest BCUT2D eigenvalue weighted by atomic mass is 9.68. The molecule has 1 aliphatic heterocycles. The third-order valence-corrected chi connectivity index (χ3v) is 4.62. The molecule has 2 rings (SSSR count). The van der Waals surface area contributed by atoms with E-state index < -0.39 is 5.97 Å². The topological polar surface area (TPSA) is 49.3 Å². The summed E-state index contributed by atoms with van der Waals surface area (Å²) in [4.78, 5) is 11.2. The molecule has 3 heteroatoms. The fourth-order valence-electron chi connectivity index (χ4n) is 3.65. The molecule has 1 heterocycles. The molecule has 0 aromatic heterocycles. The van der Waals surface area contributed by atoms with Gasteiger partial charge in [0.05, 0.1) is 5.92 Å². The SMILES string of the molecule is CCC1(C2CNCC2C(=O)O)CCCC1. The van der Waals surface area contributed by atoms with Gasteiger partial charge in [-0.2, -0.15) is 0 Å². The zero-order valence-corrected chi connectivity index (χ0v) is 9.46. The minimum absolute atomic E-state index is 0.150. The largest absolute Gasteiger partial charge is 0.481 e.